The monoisotopic (exact) mass is 386 g/mol. The summed E-state index contributed by atoms with van der Waals surface area (Å²) in [5.74, 6) is 0. The zero-order valence-corrected chi connectivity index (χ0v) is 16.9. The van der Waals surface area contributed by atoms with Crippen LogP contribution >= 0.6 is 7.75 Å². The van der Waals surface area contributed by atoms with E-state index in [0.717, 1.165) is 10.2 Å². The van der Waals surface area contributed by atoms with E-state index in [4.69, 9.17) is 13.8 Å². The summed E-state index contributed by atoms with van der Waals surface area (Å²) in [5, 5.41) is 2.04. The molecule has 0 saturated carbocycles. The zero-order chi connectivity index (χ0) is 19.9. The average Bonchev–Trinajstić information content (AvgIpc) is 2.45. The average molecular weight is 386 g/mol. The van der Waals surface area contributed by atoms with E-state index < -0.39 is 32.1 Å². The fraction of sp³-hybridized carbons (Fsp3) is 0.529. The molecule has 0 radical (unpaired) electrons. The predicted octanol–water partition coefficient (Wildman–Crippen LogP) is 4.63. The van der Waals surface area contributed by atoms with Crippen molar-refractivity contribution in [3.05, 3.63) is 29.8 Å². The summed E-state index contributed by atoms with van der Waals surface area (Å²) < 4.78 is 30.1. The van der Waals surface area contributed by atoms with Crippen molar-refractivity contribution in [3.8, 4) is 0 Å². The molecule has 0 aliphatic rings. The molecular weight excluding hydrogens is 359 g/mol. The van der Waals surface area contributed by atoms with Gasteiger partial charge in [-0.1, -0.05) is 12.1 Å². The van der Waals surface area contributed by atoms with E-state index in [1.807, 2.05) is 18.3 Å². The summed E-state index contributed by atoms with van der Waals surface area (Å²) in [5.41, 5.74) is 1.11. The minimum absolute atomic E-state index is 0.0895. The number of carbonyl (C=O) groups is 2. The second-order valence-electron chi connectivity index (χ2n) is 6.08. The van der Waals surface area contributed by atoms with Gasteiger partial charge in [-0.3, -0.25) is 9.05 Å². The minimum Gasteiger partial charge on any atom is -0.450 e. The van der Waals surface area contributed by atoms with Gasteiger partial charge in [0, 0.05) is 0 Å². The molecule has 8 nitrogen and oxygen atoms in total. The third-order valence-corrected chi connectivity index (χ3v) is 5.13. The number of alkyl carbamates (subject to hydrolysis) is 1. The number of carbonyl (C=O) groups excluding carboxylic acids is 2. The van der Waals surface area contributed by atoms with E-state index in [0.29, 0.717) is 0 Å². The van der Waals surface area contributed by atoms with Crippen LogP contribution in [0.2, 0.25) is 0 Å². The first-order chi connectivity index (χ1) is 12.1. The van der Waals surface area contributed by atoms with Crippen molar-refractivity contribution in [3.63, 3.8) is 0 Å². The minimum atomic E-state index is -4.10. The number of urea groups is 1. The molecule has 1 N–H and O–H groups in total. The predicted molar refractivity (Wildman–Crippen MR) is 99.3 cm³/mol. The van der Waals surface area contributed by atoms with Gasteiger partial charge in [-0.05, 0) is 59.2 Å². The van der Waals surface area contributed by atoms with Gasteiger partial charge in [0.05, 0.1) is 24.5 Å². The molecule has 1 aromatic rings. The molecule has 146 valence electrons. The molecule has 1 aromatic carbocycles. The topological polar surface area (TPSA) is 94.2 Å². The maximum atomic E-state index is 13.5. The molecular formula is C17H27N2O6P. The maximum Gasteiger partial charge on any atom is 0.443 e. The number of nitrogens with zero attached hydrogens (tertiary/aromatic N) is 1. The third kappa shape index (κ3) is 6.44. The number of ether oxygens (including phenoxy) is 1. The highest BCUT2D eigenvalue weighted by molar-refractivity contribution is 7.56. The Morgan fingerprint density at radius 3 is 2.19 bits per heavy atom. The lowest BCUT2D eigenvalue weighted by atomic mass is 10.2. The van der Waals surface area contributed by atoms with Gasteiger partial charge in [-0.2, -0.15) is 4.67 Å². The molecule has 0 aliphatic heterocycles. The molecule has 0 fully saturated rings. The highest BCUT2D eigenvalue weighted by atomic mass is 31.2. The van der Waals surface area contributed by atoms with Crippen LogP contribution in [-0.2, 0) is 18.3 Å². The van der Waals surface area contributed by atoms with Gasteiger partial charge < -0.3 is 4.74 Å². The van der Waals surface area contributed by atoms with Crippen LogP contribution in [0.3, 0.4) is 0 Å². The summed E-state index contributed by atoms with van der Waals surface area (Å²) in [7, 11) is -4.10. The fourth-order valence-electron chi connectivity index (χ4n) is 2.09. The third-order valence-electron chi connectivity index (χ3n) is 2.86. The van der Waals surface area contributed by atoms with Crippen LogP contribution in [0.1, 0.15) is 40.2 Å². The van der Waals surface area contributed by atoms with Crippen molar-refractivity contribution in [2.45, 2.75) is 53.8 Å². The highest BCUT2D eigenvalue weighted by Gasteiger charge is 2.41. The Morgan fingerprint density at radius 2 is 1.73 bits per heavy atom. The molecule has 0 unspecified atom stereocenters. The van der Waals surface area contributed by atoms with Crippen LogP contribution in [0, 0.1) is 6.92 Å². The molecule has 1 rings (SSSR count). The smallest absolute Gasteiger partial charge is 0.443 e. The standard InChI is InChI=1S/C17H27N2O6P/c1-7-23-17(21)18-16(20)19(15-10-8-9-14(6)11-15)26(22,24-12(2)3)25-13(4)5/h8-13H,7H2,1-6H3,(H,18,20,21). The zero-order valence-electron chi connectivity index (χ0n) is 16.0. The number of hydrogen-bond acceptors (Lipinski definition) is 6. The lowest BCUT2D eigenvalue weighted by Crippen LogP contribution is -2.43. The van der Waals surface area contributed by atoms with Crippen molar-refractivity contribution >= 4 is 25.6 Å². The highest BCUT2D eigenvalue weighted by Crippen LogP contribution is 2.56. The molecule has 0 spiro atoms. The van der Waals surface area contributed by atoms with Gasteiger partial charge >= 0.3 is 19.9 Å². The Morgan fingerprint density at radius 1 is 1.15 bits per heavy atom. The Hall–Kier alpha value is -1.89. The van der Waals surface area contributed by atoms with Gasteiger partial charge in [0.15, 0.2) is 0 Å². The second kappa shape index (κ2) is 9.71. The number of hydrogen-bond donors (Lipinski definition) is 1. The number of rotatable bonds is 7. The van der Waals surface area contributed by atoms with E-state index in [9.17, 15) is 14.2 Å². The first kappa shape index (κ1) is 22.2. The summed E-state index contributed by atoms with van der Waals surface area (Å²) in [6.07, 6.45) is -1.92. The van der Waals surface area contributed by atoms with Crippen LogP contribution in [0.25, 0.3) is 0 Å². The van der Waals surface area contributed by atoms with E-state index in [2.05, 4.69) is 0 Å². The Balaban J connectivity index is 3.38. The second-order valence-corrected chi connectivity index (χ2v) is 7.84. The number of anilines is 1. The number of nitrogens with one attached hydrogen (secondary N) is 1. The van der Waals surface area contributed by atoms with Crippen LogP contribution < -0.4 is 9.99 Å². The molecule has 0 saturated heterocycles. The molecule has 0 aliphatic carbocycles. The first-order valence-electron chi connectivity index (χ1n) is 8.41. The molecule has 3 amide bonds. The molecule has 0 aromatic heterocycles. The van der Waals surface area contributed by atoms with Gasteiger partial charge in [0.1, 0.15) is 0 Å². The fourth-order valence-corrected chi connectivity index (χ4v) is 4.07. The van der Waals surface area contributed by atoms with Crippen molar-refractivity contribution in [2.24, 2.45) is 0 Å². The van der Waals surface area contributed by atoms with Gasteiger partial charge in [-0.25, -0.2) is 19.5 Å². The number of aryl methyl sites for hydroxylation is 1. The molecule has 0 heterocycles. The summed E-state index contributed by atoms with van der Waals surface area (Å²) >= 11 is 0. The SMILES string of the molecule is CCOC(=O)NC(=O)N(c1cccc(C)c1)P(=O)(OC(C)C)OC(C)C. The van der Waals surface area contributed by atoms with Crippen LogP contribution in [0.5, 0.6) is 0 Å². The van der Waals surface area contributed by atoms with E-state index in [1.54, 1.807) is 52.8 Å². The normalized spacial score (nSPS) is 11.5. The summed E-state index contributed by atoms with van der Waals surface area (Å²) in [6, 6.07) is 5.79. The quantitative estimate of drug-likeness (QED) is 0.687. The lowest BCUT2D eigenvalue weighted by Gasteiger charge is -2.32. The molecule has 26 heavy (non-hydrogen) atoms. The van der Waals surface area contributed by atoms with Crippen LogP contribution in [0.4, 0.5) is 15.3 Å². The van der Waals surface area contributed by atoms with Crippen molar-refractivity contribution in [1.29, 1.82) is 0 Å². The first-order valence-corrected chi connectivity index (χ1v) is 9.90. The maximum absolute atomic E-state index is 13.5. The number of imide groups is 1. The van der Waals surface area contributed by atoms with Crippen molar-refractivity contribution < 1.29 is 27.9 Å². The van der Waals surface area contributed by atoms with Crippen LogP contribution in [-0.4, -0.2) is 30.9 Å². The molecule has 9 heteroatoms. The van der Waals surface area contributed by atoms with Gasteiger partial charge in [0.2, 0.25) is 0 Å². The number of amides is 3. The van der Waals surface area contributed by atoms with Crippen molar-refractivity contribution in [1.82, 2.24) is 5.32 Å². The molecule has 0 atom stereocenters. The summed E-state index contributed by atoms with van der Waals surface area (Å²) in [6.45, 7) is 10.2. The van der Waals surface area contributed by atoms with E-state index in [1.165, 1.54) is 0 Å². The number of benzene rings is 1. The van der Waals surface area contributed by atoms with E-state index in [-0.39, 0.29) is 12.3 Å². The summed E-state index contributed by atoms with van der Waals surface area (Å²) in [4.78, 5) is 24.4. The lowest BCUT2D eigenvalue weighted by molar-refractivity contribution is 0.140. The van der Waals surface area contributed by atoms with Crippen LogP contribution in [0.15, 0.2) is 24.3 Å². The Kier molecular flexibility index (Phi) is 8.27. The van der Waals surface area contributed by atoms with Gasteiger partial charge in [-0.15, -0.1) is 0 Å². The Labute approximate surface area is 154 Å². The largest absolute Gasteiger partial charge is 0.450 e. The van der Waals surface area contributed by atoms with E-state index >= 15 is 0 Å². The molecule has 0 bridgehead atoms. The Bertz CT molecular complexity index is 663. The van der Waals surface area contributed by atoms with Crippen molar-refractivity contribution in [2.75, 3.05) is 11.3 Å². The van der Waals surface area contributed by atoms with Gasteiger partial charge in [0.25, 0.3) is 0 Å².